The molecule has 0 spiro atoms. The predicted octanol–water partition coefficient (Wildman–Crippen LogP) is 6.18. The highest BCUT2D eigenvalue weighted by Gasteiger charge is 2.39. The van der Waals surface area contributed by atoms with Gasteiger partial charge in [0.25, 0.3) is 5.91 Å². The SMILES string of the molecule is COc1ccc2c(c1)N(C)C(=C1SC(=Nc3ccccc3C)N(Cc3ccccc3)C1=O)S2. The second-order valence-electron chi connectivity index (χ2n) is 7.79. The Morgan fingerprint density at radius 2 is 1.73 bits per heavy atom. The van der Waals surface area contributed by atoms with Crippen LogP contribution in [0.3, 0.4) is 0 Å². The van der Waals surface area contributed by atoms with Crippen molar-refractivity contribution in [2.24, 2.45) is 4.99 Å². The van der Waals surface area contributed by atoms with Crippen molar-refractivity contribution in [3.8, 4) is 5.75 Å². The molecule has 7 heteroatoms. The molecule has 0 saturated carbocycles. The topological polar surface area (TPSA) is 45.1 Å². The maximum Gasteiger partial charge on any atom is 0.269 e. The van der Waals surface area contributed by atoms with E-state index in [2.05, 4.69) is 4.90 Å². The number of hydrogen-bond acceptors (Lipinski definition) is 6. The third kappa shape index (κ3) is 4.14. The van der Waals surface area contributed by atoms with E-state index in [4.69, 9.17) is 9.73 Å². The fourth-order valence-corrected chi connectivity index (χ4v) is 6.08. The third-order valence-corrected chi connectivity index (χ3v) is 8.04. The molecule has 0 bridgehead atoms. The number of ether oxygens (including phenoxy) is 1. The lowest BCUT2D eigenvalue weighted by Gasteiger charge is -2.17. The monoisotopic (exact) mass is 473 g/mol. The van der Waals surface area contributed by atoms with E-state index >= 15 is 0 Å². The number of aryl methyl sites for hydroxylation is 1. The Hall–Kier alpha value is -3.16. The number of benzene rings is 3. The summed E-state index contributed by atoms with van der Waals surface area (Å²) in [4.78, 5) is 24.3. The van der Waals surface area contributed by atoms with E-state index in [1.165, 1.54) is 11.8 Å². The minimum atomic E-state index is -0.0229. The van der Waals surface area contributed by atoms with E-state index in [1.54, 1.807) is 23.8 Å². The van der Waals surface area contributed by atoms with Gasteiger partial charge in [-0.15, -0.1) is 0 Å². The van der Waals surface area contributed by atoms with Crippen LogP contribution in [0.1, 0.15) is 11.1 Å². The molecule has 33 heavy (non-hydrogen) atoms. The Kier molecular flexibility index (Phi) is 5.91. The summed E-state index contributed by atoms with van der Waals surface area (Å²) in [6.45, 7) is 2.51. The molecule has 0 aliphatic carbocycles. The molecule has 0 unspecified atom stereocenters. The van der Waals surface area contributed by atoms with Crippen LogP contribution < -0.4 is 9.64 Å². The lowest BCUT2D eigenvalue weighted by molar-refractivity contribution is -0.122. The number of fused-ring (bicyclic) bond motifs is 1. The molecule has 0 N–H and O–H groups in total. The van der Waals surface area contributed by atoms with Crippen molar-refractivity contribution in [1.29, 1.82) is 0 Å². The molecule has 166 valence electrons. The second kappa shape index (κ2) is 9.00. The smallest absolute Gasteiger partial charge is 0.269 e. The van der Waals surface area contributed by atoms with Crippen LogP contribution in [0.2, 0.25) is 0 Å². The van der Waals surface area contributed by atoms with Gasteiger partial charge in [-0.25, -0.2) is 4.99 Å². The zero-order valence-corrected chi connectivity index (χ0v) is 20.2. The van der Waals surface area contributed by atoms with Gasteiger partial charge in [0.1, 0.15) is 10.7 Å². The van der Waals surface area contributed by atoms with Gasteiger partial charge in [-0.1, -0.05) is 60.3 Å². The second-order valence-corrected chi connectivity index (χ2v) is 9.80. The van der Waals surface area contributed by atoms with Crippen LogP contribution in [0, 0.1) is 6.92 Å². The molecular weight excluding hydrogens is 450 g/mol. The average Bonchev–Trinajstić information content (AvgIpc) is 3.32. The number of rotatable bonds is 4. The van der Waals surface area contributed by atoms with Gasteiger partial charge < -0.3 is 9.64 Å². The van der Waals surface area contributed by atoms with E-state index in [0.717, 1.165) is 38.2 Å². The zero-order chi connectivity index (χ0) is 22.9. The van der Waals surface area contributed by atoms with Crippen molar-refractivity contribution in [2.75, 3.05) is 19.1 Å². The Bertz CT molecular complexity index is 1290. The van der Waals surface area contributed by atoms with Crippen molar-refractivity contribution in [2.45, 2.75) is 18.4 Å². The standard InChI is InChI=1S/C26H23N3O2S2/c1-17-9-7-8-12-20(17)27-26-29(16-18-10-5-4-6-11-18)24(30)23(33-26)25-28(2)21-15-19(31-3)13-14-22(21)32-25/h4-15H,16H2,1-3H3. The first-order valence-corrected chi connectivity index (χ1v) is 12.2. The molecule has 1 fully saturated rings. The molecule has 0 aromatic heterocycles. The molecule has 1 amide bonds. The molecule has 0 radical (unpaired) electrons. The summed E-state index contributed by atoms with van der Waals surface area (Å²) in [6, 6.07) is 24.0. The van der Waals surface area contributed by atoms with Crippen LogP contribution in [-0.4, -0.2) is 30.1 Å². The van der Waals surface area contributed by atoms with Crippen molar-refractivity contribution in [3.63, 3.8) is 0 Å². The van der Waals surface area contributed by atoms with Crippen molar-refractivity contribution in [1.82, 2.24) is 4.90 Å². The molecule has 5 nitrogen and oxygen atoms in total. The van der Waals surface area contributed by atoms with Crippen molar-refractivity contribution >= 4 is 46.0 Å². The molecule has 1 saturated heterocycles. The van der Waals surface area contributed by atoms with Gasteiger partial charge in [0.15, 0.2) is 5.17 Å². The predicted molar refractivity (Wildman–Crippen MR) is 137 cm³/mol. The van der Waals surface area contributed by atoms with Crippen LogP contribution in [-0.2, 0) is 11.3 Å². The van der Waals surface area contributed by atoms with Gasteiger partial charge in [0, 0.05) is 18.0 Å². The summed E-state index contributed by atoms with van der Waals surface area (Å²) < 4.78 is 5.40. The van der Waals surface area contributed by atoms with Gasteiger partial charge in [0.05, 0.1) is 30.1 Å². The number of amidine groups is 1. The quantitative estimate of drug-likeness (QED) is 0.424. The fraction of sp³-hybridized carbons (Fsp3) is 0.154. The fourth-order valence-electron chi connectivity index (χ4n) is 3.77. The molecule has 3 aromatic rings. The number of anilines is 1. The number of aliphatic imine (C=N–C) groups is 1. The number of amides is 1. The highest BCUT2D eigenvalue weighted by molar-refractivity contribution is 8.19. The number of para-hydroxylation sites is 1. The van der Waals surface area contributed by atoms with Gasteiger partial charge in [-0.3, -0.25) is 9.69 Å². The Morgan fingerprint density at radius 1 is 0.970 bits per heavy atom. The van der Waals surface area contributed by atoms with Gasteiger partial charge in [-0.2, -0.15) is 0 Å². The number of thioether (sulfide) groups is 2. The minimum absolute atomic E-state index is 0.0229. The highest BCUT2D eigenvalue weighted by atomic mass is 32.2. The lowest BCUT2D eigenvalue weighted by atomic mass is 10.2. The van der Waals surface area contributed by atoms with Crippen molar-refractivity contribution < 1.29 is 9.53 Å². The molecular formula is C26H23N3O2S2. The van der Waals surface area contributed by atoms with Crippen LogP contribution in [0.4, 0.5) is 11.4 Å². The summed E-state index contributed by atoms with van der Waals surface area (Å²) in [5, 5.41) is 1.62. The summed E-state index contributed by atoms with van der Waals surface area (Å²) in [7, 11) is 3.65. The molecule has 2 aliphatic rings. The van der Waals surface area contributed by atoms with Crippen LogP contribution in [0.15, 0.2) is 92.6 Å². The maximum atomic E-state index is 13.7. The largest absolute Gasteiger partial charge is 0.497 e. The van der Waals surface area contributed by atoms with E-state index in [9.17, 15) is 4.79 Å². The van der Waals surface area contributed by atoms with E-state index < -0.39 is 0 Å². The van der Waals surface area contributed by atoms with E-state index in [1.807, 2.05) is 86.8 Å². The number of nitrogens with zero attached hydrogens (tertiary/aromatic N) is 3. The Labute approximate surface area is 202 Å². The van der Waals surface area contributed by atoms with E-state index in [-0.39, 0.29) is 5.91 Å². The normalized spacial score (nSPS) is 18.9. The van der Waals surface area contributed by atoms with Gasteiger partial charge >= 0.3 is 0 Å². The first kappa shape index (κ1) is 21.7. The number of hydrogen-bond donors (Lipinski definition) is 0. The summed E-state index contributed by atoms with van der Waals surface area (Å²) in [5.41, 5.74) is 4.05. The average molecular weight is 474 g/mol. The first-order valence-electron chi connectivity index (χ1n) is 10.6. The number of carbonyl (C=O) groups excluding carboxylic acids is 1. The maximum absolute atomic E-state index is 13.7. The summed E-state index contributed by atoms with van der Waals surface area (Å²) in [5.74, 6) is 0.774. The third-order valence-electron chi connectivity index (χ3n) is 5.61. The summed E-state index contributed by atoms with van der Waals surface area (Å²) in [6.07, 6.45) is 0. The van der Waals surface area contributed by atoms with Gasteiger partial charge in [0.2, 0.25) is 0 Å². The lowest BCUT2D eigenvalue weighted by Crippen LogP contribution is -2.29. The molecule has 2 heterocycles. The highest BCUT2D eigenvalue weighted by Crippen LogP contribution is 2.51. The molecule has 0 atom stereocenters. The zero-order valence-electron chi connectivity index (χ0n) is 18.6. The molecule has 2 aliphatic heterocycles. The Morgan fingerprint density at radius 3 is 2.48 bits per heavy atom. The van der Waals surface area contributed by atoms with Crippen LogP contribution in [0.5, 0.6) is 5.75 Å². The van der Waals surface area contributed by atoms with Gasteiger partial charge in [-0.05, 0) is 48.0 Å². The Balaban J connectivity index is 1.56. The minimum Gasteiger partial charge on any atom is -0.497 e. The molecule has 3 aromatic carbocycles. The number of methoxy groups -OCH3 is 1. The van der Waals surface area contributed by atoms with Crippen LogP contribution in [0.25, 0.3) is 0 Å². The van der Waals surface area contributed by atoms with E-state index in [0.29, 0.717) is 16.6 Å². The first-order chi connectivity index (χ1) is 16.0. The van der Waals surface area contributed by atoms with Crippen molar-refractivity contribution in [3.05, 3.63) is 93.9 Å². The summed E-state index contributed by atoms with van der Waals surface area (Å²) >= 11 is 3.05. The number of carbonyl (C=O) groups is 1. The van der Waals surface area contributed by atoms with Crippen LogP contribution >= 0.6 is 23.5 Å². The molecule has 5 rings (SSSR count).